The van der Waals surface area contributed by atoms with Crippen LogP contribution in [0.4, 0.5) is 0 Å². The first-order valence-corrected chi connectivity index (χ1v) is 4.30. The van der Waals surface area contributed by atoms with Gasteiger partial charge in [0.2, 0.25) is 0 Å². The molecule has 1 heterocycles. The third-order valence-electron chi connectivity index (χ3n) is 1.40. The quantitative estimate of drug-likeness (QED) is 0.693. The summed E-state index contributed by atoms with van der Waals surface area (Å²) in [5.41, 5.74) is 5.19. The van der Waals surface area contributed by atoms with Crippen LogP contribution in [0.3, 0.4) is 0 Å². The lowest BCUT2D eigenvalue weighted by Gasteiger charge is -2.19. The summed E-state index contributed by atoms with van der Waals surface area (Å²) in [7, 11) is 0. The second-order valence-corrected chi connectivity index (χ2v) is 3.89. The highest BCUT2D eigenvalue weighted by atomic mass is 32.1. The number of aromatic nitrogens is 1. The SMILES string of the molecule is CC(N)(CO)Cc1nccs1. The third-order valence-corrected chi connectivity index (χ3v) is 2.18. The van der Waals surface area contributed by atoms with E-state index in [-0.39, 0.29) is 6.61 Å². The van der Waals surface area contributed by atoms with Crippen molar-refractivity contribution in [3.8, 4) is 0 Å². The minimum atomic E-state index is -0.530. The van der Waals surface area contributed by atoms with Crippen molar-refractivity contribution in [3.05, 3.63) is 16.6 Å². The van der Waals surface area contributed by atoms with Gasteiger partial charge in [-0.2, -0.15) is 0 Å². The maximum Gasteiger partial charge on any atom is 0.0943 e. The van der Waals surface area contributed by atoms with Crippen LogP contribution in [-0.4, -0.2) is 22.2 Å². The maximum atomic E-state index is 8.84. The molecule has 0 spiro atoms. The average Bonchev–Trinajstić information content (AvgIpc) is 2.39. The van der Waals surface area contributed by atoms with Crippen molar-refractivity contribution in [1.82, 2.24) is 4.98 Å². The fourth-order valence-electron chi connectivity index (χ4n) is 0.742. The van der Waals surface area contributed by atoms with Crippen molar-refractivity contribution in [2.45, 2.75) is 18.9 Å². The van der Waals surface area contributed by atoms with Crippen LogP contribution >= 0.6 is 11.3 Å². The highest BCUT2D eigenvalue weighted by Crippen LogP contribution is 2.11. The van der Waals surface area contributed by atoms with Crippen molar-refractivity contribution in [3.63, 3.8) is 0 Å². The molecule has 62 valence electrons. The zero-order valence-corrected chi connectivity index (χ0v) is 7.27. The smallest absolute Gasteiger partial charge is 0.0943 e. The van der Waals surface area contributed by atoms with Gasteiger partial charge in [0.15, 0.2) is 0 Å². The van der Waals surface area contributed by atoms with Crippen LogP contribution in [0.25, 0.3) is 0 Å². The molecule has 0 amide bonds. The van der Waals surface area contributed by atoms with Gasteiger partial charge in [-0.3, -0.25) is 0 Å². The highest BCUT2D eigenvalue weighted by Gasteiger charge is 2.18. The molecular weight excluding hydrogens is 160 g/mol. The number of hydrogen-bond donors (Lipinski definition) is 2. The second-order valence-electron chi connectivity index (χ2n) is 2.91. The van der Waals surface area contributed by atoms with Gasteiger partial charge in [0.25, 0.3) is 0 Å². The molecule has 1 rings (SSSR count). The Morgan fingerprint density at radius 1 is 1.82 bits per heavy atom. The van der Waals surface area contributed by atoms with Crippen LogP contribution in [0.2, 0.25) is 0 Å². The van der Waals surface area contributed by atoms with Crippen molar-refractivity contribution in [2.24, 2.45) is 5.73 Å². The van der Waals surface area contributed by atoms with Crippen molar-refractivity contribution < 1.29 is 5.11 Å². The first-order chi connectivity index (χ1) is 5.14. The van der Waals surface area contributed by atoms with E-state index < -0.39 is 5.54 Å². The molecule has 0 aliphatic heterocycles. The van der Waals surface area contributed by atoms with E-state index in [4.69, 9.17) is 10.8 Å². The maximum absolute atomic E-state index is 8.84. The molecule has 4 heteroatoms. The van der Waals surface area contributed by atoms with Crippen molar-refractivity contribution in [2.75, 3.05) is 6.61 Å². The standard InChI is InChI=1S/C7H12N2OS/c1-7(8,5-10)4-6-9-2-3-11-6/h2-3,10H,4-5,8H2,1H3. The normalized spacial score (nSPS) is 16.3. The van der Waals surface area contributed by atoms with Gasteiger partial charge in [-0.25, -0.2) is 4.98 Å². The van der Waals surface area contributed by atoms with E-state index in [0.29, 0.717) is 6.42 Å². The Bertz CT molecular complexity index is 208. The van der Waals surface area contributed by atoms with E-state index in [1.165, 1.54) is 0 Å². The predicted octanol–water partition coefficient (Wildman–Crippen LogP) is 0.395. The van der Waals surface area contributed by atoms with E-state index in [9.17, 15) is 0 Å². The van der Waals surface area contributed by atoms with Crippen molar-refractivity contribution in [1.29, 1.82) is 0 Å². The van der Waals surface area contributed by atoms with Crippen LogP contribution in [0, 0.1) is 0 Å². The lowest BCUT2D eigenvalue weighted by atomic mass is 10.0. The first kappa shape index (κ1) is 8.64. The van der Waals surface area contributed by atoms with Crippen LogP contribution < -0.4 is 5.73 Å². The topological polar surface area (TPSA) is 59.1 Å². The molecule has 1 aromatic heterocycles. The van der Waals surface area contributed by atoms with Gasteiger partial charge >= 0.3 is 0 Å². The molecule has 0 saturated carbocycles. The number of rotatable bonds is 3. The average molecular weight is 172 g/mol. The molecule has 0 fully saturated rings. The molecule has 3 nitrogen and oxygen atoms in total. The van der Waals surface area contributed by atoms with Crippen LogP contribution in [0.1, 0.15) is 11.9 Å². The lowest BCUT2D eigenvalue weighted by Crippen LogP contribution is -2.42. The minimum absolute atomic E-state index is 0.00736. The predicted molar refractivity (Wildman–Crippen MR) is 45.5 cm³/mol. The van der Waals surface area contributed by atoms with Crippen LogP contribution in [0.15, 0.2) is 11.6 Å². The van der Waals surface area contributed by atoms with Crippen LogP contribution in [0.5, 0.6) is 0 Å². The number of hydrogen-bond acceptors (Lipinski definition) is 4. The molecule has 1 aromatic rings. The molecule has 0 bridgehead atoms. The molecule has 1 unspecified atom stereocenters. The van der Waals surface area contributed by atoms with Gasteiger partial charge in [-0.05, 0) is 6.92 Å². The second kappa shape index (κ2) is 3.30. The molecule has 0 saturated heterocycles. The largest absolute Gasteiger partial charge is 0.394 e. The zero-order valence-electron chi connectivity index (χ0n) is 6.45. The summed E-state index contributed by atoms with van der Waals surface area (Å²) in [6, 6.07) is 0. The highest BCUT2D eigenvalue weighted by molar-refractivity contribution is 7.09. The molecule has 0 aliphatic rings. The molecule has 0 aromatic carbocycles. The Hall–Kier alpha value is -0.450. The molecule has 0 aliphatic carbocycles. The minimum Gasteiger partial charge on any atom is -0.394 e. The van der Waals surface area contributed by atoms with E-state index >= 15 is 0 Å². The zero-order chi connectivity index (χ0) is 8.32. The Kier molecular flexibility index (Phi) is 2.59. The van der Waals surface area contributed by atoms with E-state index in [2.05, 4.69) is 4.98 Å². The first-order valence-electron chi connectivity index (χ1n) is 3.42. The molecule has 0 radical (unpaired) electrons. The summed E-state index contributed by atoms with van der Waals surface area (Å²) in [5, 5.41) is 11.7. The lowest BCUT2D eigenvalue weighted by molar-refractivity contribution is 0.208. The number of nitrogens with two attached hydrogens (primary N) is 1. The molecule has 11 heavy (non-hydrogen) atoms. The Morgan fingerprint density at radius 2 is 2.55 bits per heavy atom. The summed E-state index contributed by atoms with van der Waals surface area (Å²) in [4.78, 5) is 4.08. The third kappa shape index (κ3) is 2.57. The van der Waals surface area contributed by atoms with Gasteiger partial charge in [-0.1, -0.05) is 0 Å². The fourth-order valence-corrected chi connectivity index (χ4v) is 1.56. The van der Waals surface area contributed by atoms with Gasteiger partial charge in [0.1, 0.15) is 0 Å². The van der Waals surface area contributed by atoms with Gasteiger partial charge in [0.05, 0.1) is 11.6 Å². The van der Waals surface area contributed by atoms with Gasteiger partial charge in [-0.15, -0.1) is 11.3 Å². The Morgan fingerprint density at radius 3 is 3.00 bits per heavy atom. The molecule has 1 atom stereocenters. The fraction of sp³-hybridized carbons (Fsp3) is 0.571. The van der Waals surface area contributed by atoms with E-state index in [1.807, 2.05) is 12.3 Å². The van der Waals surface area contributed by atoms with Gasteiger partial charge < -0.3 is 10.8 Å². The summed E-state index contributed by atoms with van der Waals surface area (Å²) >= 11 is 1.56. The Labute approximate surface area is 69.9 Å². The summed E-state index contributed by atoms with van der Waals surface area (Å²) in [6.45, 7) is 1.81. The number of nitrogens with zero attached hydrogens (tertiary/aromatic N) is 1. The van der Waals surface area contributed by atoms with E-state index in [0.717, 1.165) is 5.01 Å². The summed E-state index contributed by atoms with van der Waals surface area (Å²) in [6.07, 6.45) is 2.38. The summed E-state index contributed by atoms with van der Waals surface area (Å²) < 4.78 is 0. The number of aliphatic hydroxyl groups excluding tert-OH is 1. The molecule has 3 N–H and O–H groups in total. The number of aliphatic hydroxyl groups is 1. The Balaban J connectivity index is 2.56. The summed E-state index contributed by atoms with van der Waals surface area (Å²) in [5.74, 6) is 0. The van der Waals surface area contributed by atoms with E-state index in [1.54, 1.807) is 17.5 Å². The van der Waals surface area contributed by atoms with Crippen molar-refractivity contribution >= 4 is 11.3 Å². The number of thiazole rings is 1. The van der Waals surface area contributed by atoms with Gasteiger partial charge in [0, 0.05) is 23.5 Å². The monoisotopic (exact) mass is 172 g/mol. The van der Waals surface area contributed by atoms with Crippen LogP contribution in [-0.2, 0) is 6.42 Å². The molecular formula is C7H12N2OS.